The van der Waals surface area contributed by atoms with Gasteiger partial charge in [0.2, 0.25) is 5.91 Å². The van der Waals surface area contributed by atoms with E-state index in [9.17, 15) is 4.79 Å². The normalized spacial score (nSPS) is 20.3. The highest BCUT2D eigenvalue weighted by molar-refractivity contribution is 7.98. The third-order valence-corrected chi connectivity index (χ3v) is 4.57. The maximum absolute atomic E-state index is 12.4. The monoisotopic (exact) mass is 328 g/mol. The van der Waals surface area contributed by atoms with Gasteiger partial charge >= 0.3 is 0 Å². The molecule has 0 radical (unpaired) electrons. The van der Waals surface area contributed by atoms with Crippen LogP contribution in [-0.4, -0.2) is 48.6 Å². The minimum absolute atomic E-state index is 0.00408. The second kappa shape index (κ2) is 8.03. The average Bonchev–Trinajstić information content (AvgIpc) is 2.52. The lowest BCUT2D eigenvalue weighted by atomic mass is 10.1. The van der Waals surface area contributed by atoms with Crippen molar-refractivity contribution in [1.82, 2.24) is 4.90 Å². The summed E-state index contributed by atoms with van der Waals surface area (Å²) < 4.78 is 5.76. The molecule has 1 amide bonds. The highest BCUT2D eigenvalue weighted by Gasteiger charge is 2.29. The molecule has 0 aliphatic carbocycles. The van der Waals surface area contributed by atoms with E-state index in [2.05, 4.69) is 0 Å². The predicted molar refractivity (Wildman–Crippen MR) is 87.7 cm³/mol. The third kappa shape index (κ3) is 4.36. The first-order valence-corrected chi connectivity index (χ1v) is 8.80. The highest BCUT2D eigenvalue weighted by Crippen LogP contribution is 2.28. The first-order chi connectivity index (χ1) is 10.1. The van der Waals surface area contributed by atoms with Crippen LogP contribution in [0.1, 0.15) is 18.1 Å². The van der Waals surface area contributed by atoms with E-state index in [0.29, 0.717) is 31.1 Å². The van der Waals surface area contributed by atoms with Gasteiger partial charge in [-0.15, -0.1) is 0 Å². The van der Waals surface area contributed by atoms with Crippen LogP contribution in [-0.2, 0) is 9.53 Å². The Kier molecular flexibility index (Phi) is 6.36. The van der Waals surface area contributed by atoms with Crippen molar-refractivity contribution in [2.75, 3.05) is 31.7 Å². The Hall–Kier alpha value is -0.750. The van der Waals surface area contributed by atoms with Gasteiger partial charge in [-0.2, -0.15) is 11.8 Å². The van der Waals surface area contributed by atoms with Crippen LogP contribution < -0.4 is 5.73 Å². The molecule has 6 heteroatoms. The molecule has 0 bridgehead atoms. The summed E-state index contributed by atoms with van der Waals surface area (Å²) in [6.07, 6.45) is 2.54. The molecule has 1 heterocycles. The molecule has 2 N–H and O–H groups in total. The van der Waals surface area contributed by atoms with Gasteiger partial charge in [-0.1, -0.05) is 29.8 Å². The Morgan fingerprint density at radius 2 is 2.33 bits per heavy atom. The summed E-state index contributed by atoms with van der Waals surface area (Å²) in [7, 11) is 0. The van der Waals surface area contributed by atoms with E-state index in [1.807, 2.05) is 30.5 Å². The van der Waals surface area contributed by atoms with Crippen molar-refractivity contribution in [2.24, 2.45) is 5.73 Å². The maximum atomic E-state index is 12.4. The molecule has 2 atom stereocenters. The Balaban J connectivity index is 2.00. The first-order valence-electron chi connectivity index (χ1n) is 7.02. The number of hydrogen-bond donors (Lipinski definition) is 1. The molecule has 0 saturated carbocycles. The number of rotatable bonds is 5. The molecule has 2 rings (SSSR count). The fraction of sp³-hybridized carbons (Fsp3) is 0.533. The van der Waals surface area contributed by atoms with Crippen LogP contribution in [0.15, 0.2) is 24.3 Å². The predicted octanol–water partition coefficient (Wildman–Crippen LogP) is 2.32. The number of morpholine rings is 1. The summed E-state index contributed by atoms with van der Waals surface area (Å²) >= 11 is 7.91. The quantitative estimate of drug-likeness (QED) is 0.901. The van der Waals surface area contributed by atoms with E-state index in [0.717, 1.165) is 11.3 Å². The molecule has 1 aliphatic heterocycles. The zero-order valence-corrected chi connectivity index (χ0v) is 13.7. The van der Waals surface area contributed by atoms with Crippen molar-refractivity contribution in [1.29, 1.82) is 0 Å². The minimum Gasteiger partial charge on any atom is -0.370 e. The zero-order valence-electron chi connectivity index (χ0n) is 12.1. The Bertz CT molecular complexity index is 486. The van der Waals surface area contributed by atoms with Gasteiger partial charge in [-0.3, -0.25) is 4.79 Å². The summed E-state index contributed by atoms with van der Waals surface area (Å²) in [5, 5.41) is 0.670. The van der Waals surface area contributed by atoms with E-state index < -0.39 is 6.04 Å². The van der Waals surface area contributed by atoms with Gasteiger partial charge in [-0.05, 0) is 24.5 Å². The summed E-state index contributed by atoms with van der Waals surface area (Å²) in [5.74, 6) is 0.898. The summed E-state index contributed by atoms with van der Waals surface area (Å²) in [5.41, 5.74) is 6.90. The van der Waals surface area contributed by atoms with E-state index >= 15 is 0 Å². The van der Waals surface area contributed by atoms with Crippen molar-refractivity contribution in [3.63, 3.8) is 0 Å². The molecule has 1 aromatic carbocycles. The molecule has 116 valence electrons. The number of nitrogens with two attached hydrogens (primary N) is 1. The lowest BCUT2D eigenvalue weighted by molar-refractivity contribution is -0.140. The van der Waals surface area contributed by atoms with Gasteiger partial charge in [0.05, 0.1) is 19.2 Å². The molecule has 21 heavy (non-hydrogen) atoms. The summed E-state index contributed by atoms with van der Waals surface area (Å²) in [4.78, 5) is 14.2. The second-order valence-corrected chi connectivity index (χ2v) is 6.45. The van der Waals surface area contributed by atoms with Crippen molar-refractivity contribution >= 4 is 29.3 Å². The van der Waals surface area contributed by atoms with E-state index in [4.69, 9.17) is 22.1 Å². The van der Waals surface area contributed by atoms with Crippen molar-refractivity contribution < 1.29 is 9.53 Å². The molecule has 0 aromatic heterocycles. The molecule has 1 aliphatic rings. The summed E-state index contributed by atoms with van der Waals surface area (Å²) in [6, 6.07) is 7.16. The van der Waals surface area contributed by atoms with Crippen LogP contribution in [0.25, 0.3) is 0 Å². The topological polar surface area (TPSA) is 55.6 Å². The number of benzene rings is 1. The number of carbonyl (C=O) groups excluding carboxylic acids is 1. The second-order valence-electron chi connectivity index (χ2n) is 5.05. The smallest absolute Gasteiger partial charge is 0.239 e. The number of ether oxygens (including phenoxy) is 1. The van der Waals surface area contributed by atoms with Crippen LogP contribution in [0.5, 0.6) is 0 Å². The molecule has 4 nitrogen and oxygen atoms in total. The van der Waals surface area contributed by atoms with Gasteiger partial charge in [0, 0.05) is 17.1 Å². The van der Waals surface area contributed by atoms with E-state index in [1.54, 1.807) is 16.7 Å². The number of nitrogens with zero attached hydrogens (tertiary/aromatic N) is 1. The zero-order chi connectivity index (χ0) is 15.2. The van der Waals surface area contributed by atoms with E-state index in [1.165, 1.54) is 0 Å². The highest BCUT2D eigenvalue weighted by atomic mass is 35.5. The number of halogens is 1. The van der Waals surface area contributed by atoms with Crippen molar-refractivity contribution in [3.8, 4) is 0 Å². The number of amides is 1. The standard InChI is InChI=1S/C15H21ClN2O2S/c1-21-9-6-13(17)15(19)18-7-8-20-14(10-18)11-4-2-3-5-12(11)16/h2-5,13-14H,6-10,17H2,1H3/t13-,14?/m0/s1. The van der Waals surface area contributed by atoms with E-state index in [-0.39, 0.29) is 12.0 Å². The number of hydrogen-bond acceptors (Lipinski definition) is 4. The summed E-state index contributed by atoms with van der Waals surface area (Å²) in [6.45, 7) is 1.61. The van der Waals surface area contributed by atoms with Gasteiger partial charge < -0.3 is 15.4 Å². The Morgan fingerprint density at radius 1 is 1.57 bits per heavy atom. The van der Waals surface area contributed by atoms with Crippen molar-refractivity contribution in [2.45, 2.75) is 18.6 Å². The van der Waals surface area contributed by atoms with Crippen molar-refractivity contribution in [3.05, 3.63) is 34.9 Å². The third-order valence-electron chi connectivity index (χ3n) is 3.58. The lowest BCUT2D eigenvalue weighted by Gasteiger charge is -2.34. The van der Waals surface area contributed by atoms with Crippen LogP contribution in [0.2, 0.25) is 5.02 Å². The number of carbonyl (C=O) groups is 1. The minimum atomic E-state index is -0.428. The molecular formula is C15H21ClN2O2S. The van der Waals surface area contributed by atoms with Crippen LogP contribution >= 0.6 is 23.4 Å². The average molecular weight is 329 g/mol. The fourth-order valence-corrected chi connectivity index (χ4v) is 3.12. The molecular weight excluding hydrogens is 308 g/mol. The molecule has 1 aromatic rings. The Morgan fingerprint density at radius 3 is 3.05 bits per heavy atom. The van der Waals surface area contributed by atoms with Gasteiger partial charge in [0.15, 0.2) is 0 Å². The number of thioether (sulfide) groups is 1. The first kappa shape index (κ1) is 16.6. The maximum Gasteiger partial charge on any atom is 0.239 e. The molecule has 1 saturated heterocycles. The van der Waals surface area contributed by atoms with Gasteiger partial charge in [0.1, 0.15) is 6.10 Å². The van der Waals surface area contributed by atoms with Crippen LogP contribution in [0.3, 0.4) is 0 Å². The van der Waals surface area contributed by atoms with Crippen LogP contribution in [0.4, 0.5) is 0 Å². The molecule has 0 spiro atoms. The van der Waals surface area contributed by atoms with Gasteiger partial charge in [-0.25, -0.2) is 0 Å². The Labute approximate surface area is 135 Å². The lowest BCUT2D eigenvalue weighted by Crippen LogP contribution is -2.49. The van der Waals surface area contributed by atoms with Gasteiger partial charge in [0.25, 0.3) is 0 Å². The molecule has 1 fully saturated rings. The molecule has 1 unspecified atom stereocenters. The SMILES string of the molecule is CSCC[C@H](N)C(=O)N1CCOC(c2ccccc2Cl)C1. The van der Waals surface area contributed by atoms with Crippen LogP contribution in [0, 0.1) is 0 Å². The fourth-order valence-electron chi connectivity index (χ4n) is 2.38. The largest absolute Gasteiger partial charge is 0.370 e.